The van der Waals surface area contributed by atoms with Crippen LogP contribution in [0.5, 0.6) is 0 Å². The molecule has 0 spiro atoms. The lowest BCUT2D eigenvalue weighted by atomic mass is 10.1. The van der Waals surface area contributed by atoms with Gasteiger partial charge in [0.15, 0.2) is 0 Å². The molecule has 0 saturated carbocycles. The number of halogens is 1. The molecule has 0 bridgehead atoms. The Kier molecular flexibility index (Phi) is 7.20. The van der Waals surface area contributed by atoms with Crippen molar-refractivity contribution in [1.82, 2.24) is 9.29 Å². The van der Waals surface area contributed by atoms with Crippen molar-refractivity contribution in [2.75, 3.05) is 6.61 Å². The molecule has 0 aliphatic heterocycles. The minimum Gasteiger partial charge on any atom is -0.462 e. The molecule has 156 valence electrons. The number of carbonyl (C=O) groups is 1. The van der Waals surface area contributed by atoms with Gasteiger partial charge in [0.2, 0.25) is 10.0 Å². The van der Waals surface area contributed by atoms with E-state index in [0.717, 1.165) is 11.1 Å². The third kappa shape index (κ3) is 5.44. The van der Waals surface area contributed by atoms with Gasteiger partial charge in [-0.3, -0.25) is 4.98 Å². The molecule has 1 aromatic heterocycles. The number of hydrogen-bond acceptors (Lipinski definition) is 5. The topological polar surface area (TPSA) is 76.6 Å². The first-order valence-corrected chi connectivity index (χ1v) is 11.1. The highest BCUT2D eigenvalue weighted by Gasteiger charge is 2.25. The zero-order valence-electron chi connectivity index (χ0n) is 16.4. The van der Waals surface area contributed by atoms with E-state index in [1.54, 1.807) is 61.8 Å². The van der Waals surface area contributed by atoms with E-state index in [-0.39, 0.29) is 18.0 Å². The summed E-state index contributed by atoms with van der Waals surface area (Å²) in [6, 6.07) is 16.3. The second-order valence-electron chi connectivity index (χ2n) is 6.51. The quantitative estimate of drug-likeness (QED) is 0.484. The fourth-order valence-electron chi connectivity index (χ4n) is 2.84. The van der Waals surface area contributed by atoms with Crippen molar-refractivity contribution in [3.05, 3.63) is 94.8 Å². The first-order valence-electron chi connectivity index (χ1n) is 9.31. The molecule has 30 heavy (non-hydrogen) atoms. The van der Waals surface area contributed by atoms with Gasteiger partial charge in [0, 0.05) is 30.5 Å². The van der Waals surface area contributed by atoms with Crippen molar-refractivity contribution < 1.29 is 17.9 Å². The predicted molar refractivity (Wildman–Crippen MR) is 115 cm³/mol. The number of esters is 1. The standard InChI is InChI=1S/C22H21ClN2O4S/c1-2-29-22(26)19-7-5-17(6-8-19)15-25(16-18-4-3-13-24-14-18)30(27,28)21-11-9-20(23)10-12-21/h3-14H,2,15-16H2,1H3. The van der Waals surface area contributed by atoms with Crippen LogP contribution in [0.2, 0.25) is 5.02 Å². The summed E-state index contributed by atoms with van der Waals surface area (Å²) < 4.78 is 33.0. The molecule has 6 nitrogen and oxygen atoms in total. The van der Waals surface area contributed by atoms with E-state index in [2.05, 4.69) is 4.98 Å². The average molecular weight is 445 g/mol. The van der Waals surface area contributed by atoms with Crippen molar-refractivity contribution in [2.45, 2.75) is 24.9 Å². The Balaban J connectivity index is 1.90. The van der Waals surface area contributed by atoms with E-state index in [1.807, 2.05) is 6.07 Å². The average Bonchev–Trinajstić information content (AvgIpc) is 2.75. The second kappa shape index (κ2) is 9.84. The van der Waals surface area contributed by atoms with Crippen LogP contribution >= 0.6 is 11.6 Å². The summed E-state index contributed by atoms with van der Waals surface area (Å²) in [5.74, 6) is -0.412. The van der Waals surface area contributed by atoms with Crippen molar-refractivity contribution >= 4 is 27.6 Å². The lowest BCUT2D eigenvalue weighted by molar-refractivity contribution is 0.0526. The van der Waals surface area contributed by atoms with Crippen molar-refractivity contribution in [2.24, 2.45) is 0 Å². The van der Waals surface area contributed by atoms with Gasteiger partial charge in [0.1, 0.15) is 0 Å². The molecule has 2 aromatic carbocycles. The van der Waals surface area contributed by atoms with Gasteiger partial charge in [-0.05, 0) is 60.5 Å². The van der Waals surface area contributed by atoms with Crippen LogP contribution in [0.3, 0.4) is 0 Å². The molecule has 0 atom stereocenters. The molecule has 0 saturated heterocycles. The minimum absolute atomic E-state index is 0.128. The molecule has 0 radical (unpaired) electrons. The second-order valence-corrected chi connectivity index (χ2v) is 8.88. The van der Waals surface area contributed by atoms with Gasteiger partial charge >= 0.3 is 5.97 Å². The third-order valence-electron chi connectivity index (χ3n) is 4.36. The van der Waals surface area contributed by atoms with Gasteiger partial charge in [-0.1, -0.05) is 29.8 Å². The van der Waals surface area contributed by atoms with Crippen molar-refractivity contribution in [3.63, 3.8) is 0 Å². The lowest BCUT2D eigenvalue weighted by Crippen LogP contribution is -2.30. The molecule has 3 rings (SSSR count). The molecule has 0 aliphatic rings. The number of hydrogen-bond donors (Lipinski definition) is 0. The fraction of sp³-hybridized carbons (Fsp3) is 0.182. The summed E-state index contributed by atoms with van der Waals surface area (Å²) in [4.78, 5) is 16.1. The van der Waals surface area contributed by atoms with Crippen molar-refractivity contribution in [3.8, 4) is 0 Å². The normalized spacial score (nSPS) is 11.4. The Morgan fingerprint density at radius 2 is 1.67 bits per heavy atom. The van der Waals surface area contributed by atoms with Crippen LogP contribution in [-0.2, 0) is 27.8 Å². The zero-order chi connectivity index (χ0) is 21.6. The number of nitrogens with zero attached hydrogens (tertiary/aromatic N) is 2. The predicted octanol–water partition coefficient (Wildman–Crippen LogP) is 4.30. The largest absolute Gasteiger partial charge is 0.462 e. The number of sulfonamides is 1. The Bertz CT molecular complexity index is 1090. The van der Waals surface area contributed by atoms with Crippen LogP contribution in [0.25, 0.3) is 0 Å². The van der Waals surface area contributed by atoms with Crippen molar-refractivity contribution in [1.29, 1.82) is 0 Å². The van der Waals surface area contributed by atoms with E-state index in [1.165, 1.54) is 16.4 Å². The summed E-state index contributed by atoms with van der Waals surface area (Å²) in [5, 5.41) is 0.460. The number of ether oxygens (including phenoxy) is 1. The molecule has 0 fully saturated rings. The lowest BCUT2D eigenvalue weighted by Gasteiger charge is -2.22. The monoisotopic (exact) mass is 444 g/mol. The molecule has 3 aromatic rings. The Morgan fingerprint density at radius 1 is 1.00 bits per heavy atom. The molecule has 8 heteroatoms. The molecule has 0 amide bonds. The van der Waals surface area contributed by atoms with Gasteiger partial charge in [-0.15, -0.1) is 0 Å². The summed E-state index contributed by atoms with van der Waals surface area (Å²) in [6.07, 6.45) is 3.27. The van der Waals surface area contributed by atoms with Crippen LogP contribution in [0.15, 0.2) is 78.0 Å². The highest BCUT2D eigenvalue weighted by Crippen LogP contribution is 2.23. The molecular formula is C22H21ClN2O4S. The Morgan fingerprint density at radius 3 is 2.27 bits per heavy atom. The summed E-state index contributed by atoms with van der Waals surface area (Å²) >= 11 is 5.91. The number of pyridine rings is 1. The highest BCUT2D eigenvalue weighted by molar-refractivity contribution is 7.89. The van der Waals surface area contributed by atoms with Crippen LogP contribution in [0.4, 0.5) is 0 Å². The molecule has 0 N–H and O–H groups in total. The van der Waals surface area contributed by atoms with Crippen LogP contribution in [0, 0.1) is 0 Å². The highest BCUT2D eigenvalue weighted by atomic mass is 35.5. The zero-order valence-corrected chi connectivity index (χ0v) is 17.9. The minimum atomic E-state index is -3.79. The number of carbonyl (C=O) groups excluding carboxylic acids is 1. The maximum Gasteiger partial charge on any atom is 0.338 e. The smallest absolute Gasteiger partial charge is 0.338 e. The maximum atomic E-state index is 13.3. The first-order chi connectivity index (χ1) is 14.4. The summed E-state index contributed by atoms with van der Waals surface area (Å²) in [6.45, 7) is 2.31. The van der Waals surface area contributed by atoms with E-state index in [0.29, 0.717) is 17.2 Å². The van der Waals surface area contributed by atoms with Gasteiger partial charge in [-0.2, -0.15) is 4.31 Å². The van der Waals surface area contributed by atoms with Gasteiger partial charge in [-0.25, -0.2) is 13.2 Å². The van der Waals surface area contributed by atoms with Crippen LogP contribution in [-0.4, -0.2) is 30.3 Å². The van der Waals surface area contributed by atoms with Crippen LogP contribution < -0.4 is 0 Å². The Hall–Kier alpha value is -2.74. The van der Waals surface area contributed by atoms with E-state index in [4.69, 9.17) is 16.3 Å². The molecule has 0 aliphatic carbocycles. The molecule has 1 heterocycles. The van der Waals surface area contributed by atoms with E-state index in [9.17, 15) is 13.2 Å². The van der Waals surface area contributed by atoms with E-state index >= 15 is 0 Å². The van der Waals surface area contributed by atoms with Gasteiger partial charge in [0.25, 0.3) is 0 Å². The number of benzene rings is 2. The number of rotatable bonds is 8. The fourth-order valence-corrected chi connectivity index (χ4v) is 4.38. The summed E-state index contributed by atoms with van der Waals surface area (Å²) in [5.41, 5.74) is 1.92. The Labute approximate surface area is 181 Å². The first kappa shape index (κ1) is 22.0. The SMILES string of the molecule is CCOC(=O)c1ccc(CN(Cc2cccnc2)S(=O)(=O)c2ccc(Cl)cc2)cc1. The molecular weight excluding hydrogens is 424 g/mol. The summed E-state index contributed by atoms with van der Waals surface area (Å²) in [7, 11) is -3.79. The maximum absolute atomic E-state index is 13.3. The van der Waals surface area contributed by atoms with E-state index < -0.39 is 16.0 Å². The molecule has 0 unspecified atom stereocenters. The van der Waals surface area contributed by atoms with Crippen LogP contribution in [0.1, 0.15) is 28.4 Å². The number of aromatic nitrogens is 1. The van der Waals surface area contributed by atoms with Gasteiger partial charge < -0.3 is 4.74 Å². The van der Waals surface area contributed by atoms with Gasteiger partial charge in [0.05, 0.1) is 17.1 Å². The third-order valence-corrected chi connectivity index (χ3v) is 6.42.